The molecule has 1 N–H and O–H groups in total. The first-order chi connectivity index (χ1) is 5.22. The van der Waals surface area contributed by atoms with E-state index < -0.39 is 0 Å². The Morgan fingerprint density at radius 2 is 2.09 bits per heavy atom. The maximum absolute atomic E-state index is 10.3. The lowest BCUT2D eigenvalue weighted by Gasteiger charge is -1.92. The third-order valence-electron chi connectivity index (χ3n) is 0.669. The number of hydrogen-bond acceptors (Lipinski definition) is 3. The third kappa shape index (κ3) is 17.6. The van der Waals surface area contributed by atoms with Gasteiger partial charge in [-0.15, -0.1) is 0 Å². The van der Waals surface area contributed by atoms with Gasteiger partial charge in [-0.1, -0.05) is 13.5 Å². The highest BCUT2D eigenvalue weighted by Gasteiger charge is 1.94. The van der Waals surface area contributed by atoms with E-state index in [0.717, 1.165) is 12.7 Å². The molecular formula is C8H16O3. The second-order valence-corrected chi connectivity index (χ2v) is 1.72. The second kappa shape index (κ2) is 11.9. The van der Waals surface area contributed by atoms with Crippen molar-refractivity contribution < 1.29 is 14.6 Å². The maximum Gasteiger partial charge on any atom is 0.310 e. The van der Waals surface area contributed by atoms with E-state index in [9.17, 15) is 4.79 Å². The second-order valence-electron chi connectivity index (χ2n) is 1.72. The normalized spacial score (nSPS) is 7.55. The van der Waals surface area contributed by atoms with Gasteiger partial charge in [-0.05, 0) is 13.3 Å². The maximum atomic E-state index is 10.3. The molecule has 66 valence electrons. The Kier molecular flexibility index (Phi) is 13.9. The van der Waals surface area contributed by atoms with Crippen LogP contribution in [0.1, 0.15) is 26.7 Å². The third-order valence-corrected chi connectivity index (χ3v) is 0.669. The molecule has 0 rings (SSSR count). The SMILES string of the molecule is C=COC(=O)CCC.CCO. The van der Waals surface area contributed by atoms with Gasteiger partial charge < -0.3 is 9.84 Å². The lowest BCUT2D eigenvalue weighted by Crippen LogP contribution is -1.96. The van der Waals surface area contributed by atoms with Gasteiger partial charge in [-0.25, -0.2) is 0 Å². The highest BCUT2D eigenvalue weighted by molar-refractivity contribution is 5.69. The highest BCUT2D eigenvalue weighted by atomic mass is 16.5. The van der Waals surface area contributed by atoms with Crippen molar-refractivity contribution >= 4 is 5.97 Å². The molecule has 0 radical (unpaired) electrons. The monoisotopic (exact) mass is 160 g/mol. The van der Waals surface area contributed by atoms with Crippen LogP contribution >= 0.6 is 0 Å². The van der Waals surface area contributed by atoms with Crippen LogP contribution in [0.4, 0.5) is 0 Å². The van der Waals surface area contributed by atoms with Gasteiger partial charge in [0.1, 0.15) is 0 Å². The zero-order valence-corrected chi connectivity index (χ0v) is 7.17. The zero-order valence-electron chi connectivity index (χ0n) is 7.17. The molecule has 0 saturated carbocycles. The Balaban J connectivity index is 0. The summed E-state index contributed by atoms with van der Waals surface area (Å²) < 4.78 is 4.41. The molecule has 0 amide bonds. The summed E-state index contributed by atoms with van der Waals surface area (Å²) in [5, 5.41) is 7.57. The van der Waals surface area contributed by atoms with E-state index in [1.165, 1.54) is 0 Å². The molecule has 0 spiro atoms. The molecule has 0 aromatic carbocycles. The smallest absolute Gasteiger partial charge is 0.310 e. The number of ether oxygens (including phenoxy) is 1. The minimum atomic E-state index is -0.206. The van der Waals surface area contributed by atoms with Gasteiger partial charge in [0.05, 0.1) is 6.26 Å². The van der Waals surface area contributed by atoms with E-state index in [-0.39, 0.29) is 12.6 Å². The van der Waals surface area contributed by atoms with Gasteiger partial charge in [-0.3, -0.25) is 4.79 Å². The molecule has 0 bridgehead atoms. The van der Waals surface area contributed by atoms with Crippen LogP contribution in [0.15, 0.2) is 12.8 Å². The Morgan fingerprint density at radius 3 is 2.36 bits per heavy atom. The first kappa shape index (κ1) is 12.8. The van der Waals surface area contributed by atoms with Crippen LogP contribution in [0.25, 0.3) is 0 Å². The first-order valence-corrected chi connectivity index (χ1v) is 3.64. The van der Waals surface area contributed by atoms with Crippen molar-refractivity contribution in [1.29, 1.82) is 0 Å². The quantitative estimate of drug-likeness (QED) is 0.502. The number of aliphatic hydroxyl groups is 1. The average molecular weight is 160 g/mol. The van der Waals surface area contributed by atoms with Gasteiger partial charge in [-0.2, -0.15) is 0 Å². The summed E-state index contributed by atoms with van der Waals surface area (Å²) in [5.41, 5.74) is 0. The van der Waals surface area contributed by atoms with E-state index in [4.69, 9.17) is 5.11 Å². The molecule has 0 saturated heterocycles. The number of aliphatic hydroxyl groups excluding tert-OH is 1. The van der Waals surface area contributed by atoms with Crippen LogP contribution in [0, 0.1) is 0 Å². The van der Waals surface area contributed by atoms with Crippen molar-refractivity contribution in [1.82, 2.24) is 0 Å². The van der Waals surface area contributed by atoms with Crippen LogP contribution in [0.5, 0.6) is 0 Å². The summed E-state index contributed by atoms with van der Waals surface area (Å²) in [5.74, 6) is -0.206. The van der Waals surface area contributed by atoms with Crippen LogP contribution < -0.4 is 0 Å². The van der Waals surface area contributed by atoms with Gasteiger partial charge >= 0.3 is 5.97 Å². The fraction of sp³-hybridized carbons (Fsp3) is 0.625. The predicted molar refractivity (Wildman–Crippen MR) is 44.0 cm³/mol. The molecule has 0 aliphatic heterocycles. The number of hydrogen-bond donors (Lipinski definition) is 1. The zero-order chi connectivity index (χ0) is 9.11. The topological polar surface area (TPSA) is 46.5 Å². The Hall–Kier alpha value is -0.830. The number of carbonyl (C=O) groups excluding carboxylic acids is 1. The number of carbonyl (C=O) groups is 1. The minimum absolute atomic E-state index is 0.206. The van der Waals surface area contributed by atoms with Crippen molar-refractivity contribution in [3.63, 3.8) is 0 Å². The number of rotatable bonds is 3. The molecule has 0 aromatic heterocycles. The van der Waals surface area contributed by atoms with Crippen LogP contribution in [0.3, 0.4) is 0 Å². The van der Waals surface area contributed by atoms with E-state index in [2.05, 4.69) is 11.3 Å². The molecule has 3 heteroatoms. The summed E-state index contributed by atoms with van der Waals surface area (Å²) >= 11 is 0. The number of esters is 1. The van der Waals surface area contributed by atoms with E-state index >= 15 is 0 Å². The molecule has 0 aromatic rings. The molecule has 0 aliphatic rings. The van der Waals surface area contributed by atoms with E-state index in [0.29, 0.717) is 6.42 Å². The van der Waals surface area contributed by atoms with Crippen molar-refractivity contribution in [2.45, 2.75) is 26.7 Å². The molecule has 0 atom stereocenters. The van der Waals surface area contributed by atoms with Crippen LogP contribution in [-0.4, -0.2) is 17.7 Å². The molecule has 11 heavy (non-hydrogen) atoms. The van der Waals surface area contributed by atoms with Crippen molar-refractivity contribution in [2.75, 3.05) is 6.61 Å². The Bertz CT molecular complexity index is 99.5. The molecule has 0 fully saturated rings. The van der Waals surface area contributed by atoms with Crippen LogP contribution in [-0.2, 0) is 9.53 Å². The van der Waals surface area contributed by atoms with Crippen molar-refractivity contribution in [2.24, 2.45) is 0 Å². The molecule has 0 unspecified atom stereocenters. The van der Waals surface area contributed by atoms with Gasteiger partial charge in [0.2, 0.25) is 0 Å². The van der Waals surface area contributed by atoms with Gasteiger partial charge in [0.25, 0.3) is 0 Å². The molecule has 0 heterocycles. The summed E-state index contributed by atoms with van der Waals surface area (Å²) in [6, 6.07) is 0. The summed E-state index contributed by atoms with van der Waals surface area (Å²) in [6.45, 7) is 7.09. The lowest BCUT2D eigenvalue weighted by atomic mass is 10.3. The molecule has 3 nitrogen and oxygen atoms in total. The predicted octanol–water partition coefficient (Wildman–Crippen LogP) is 1.47. The fourth-order valence-corrected chi connectivity index (χ4v) is 0.356. The van der Waals surface area contributed by atoms with Crippen LogP contribution in [0.2, 0.25) is 0 Å². The summed E-state index contributed by atoms with van der Waals surface area (Å²) in [4.78, 5) is 10.3. The Morgan fingerprint density at radius 1 is 1.64 bits per heavy atom. The van der Waals surface area contributed by atoms with Crippen molar-refractivity contribution in [3.05, 3.63) is 12.8 Å². The standard InChI is InChI=1S/C6H10O2.C2H6O/c1-3-5-6(7)8-4-2;1-2-3/h4H,2-3,5H2,1H3;3H,2H2,1H3. The van der Waals surface area contributed by atoms with Gasteiger partial charge in [0.15, 0.2) is 0 Å². The summed E-state index contributed by atoms with van der Waals surface area (Å²) in [7, 11) is 0. The largest absolute Gasteiger partial charge is 0.435 e. The minimum Gasteiger partial charge on any atom is -0.435 e. The molecular weight excluding hydrogens is 144 g/mol. The van der Waals surface area contributed by atoms with Crippen molar-refractivity contribution in [3.8, 4) is 0 Å². The van der Waals surface area contributed by atoms with E-state index in [1.807, 2.05) is 6.92 Å². The lowest BCUT2D eigenvalue weighted by molar-refractivity contribution is -0.137. The fourth-order valence-electron chi connectivity index (χ4n) is 0.356. The highest BCUT2D eigenvalue weighted by Crippen LogP contribution is 1.89. The van der Waals surface area contributed by atoms with E-state index in [1.54, 1.807) is 6.92 Å². The summed E-state index contributed by atoms with van der Waals surface area (Å²) in [6.07, 6.45) is 2.46. The molecule has 0 aliphatic carbocycles. The van der Waals surface area contributed by atoms with Gasteiger partial charge in [0, 0.05) is 13.0 Å². The first-order valence-electron chi connectivity index (χ1n) is 3.64. The average Bonchev–Trinajstić information content (AvgIpc) is 1.90. The Labute approximate surface area is 67.7 Å².